The number of rotatable bonds is 7. The molecule has 1 amide bonds. The predicted octanol–water partition coefficient (Wildman–Crippen LogP) is 0.376. The Morgan fingerprint density at radius 2 is 2.04 bits per heavy atom. The Bertz CT molecular complexity index is 833. The van der Waals surface area contributed by atoms with Crippen LogP contribution >= 0.6 is 0 Å². The molecule has 0 aromatic heterocycles. The summed E-state index contributed by atoms with van der Waals surface area (Å²) in [4.78, 5) is 11.8. The highest BCUT2D eigenvalue weighted by atomic mass is 32.2. The average molecular weight is 376 g/mol. The number of nitrogens with one attached hydrogen (secondary N) is 1. The number of hydrogen-bond donors (Lipinski definition) is 1. The van der Waals surface area contributed by atoms with E-state index in [9.17, 15) is 21.6 Å². The third-order valence-electron chi connectivity index (χ3n) is 3.59. The molecule has 8 nitrogen and oxygen atoms in total. The monoisotopic (exact) mass is 376 g/mol. The lowest BCUT2D eigenvalue weighted by atomic mass is 10.2. The van der Waals surface area contributed by atoms with E-state index < -0.39 is 26.0 Å². The molecule has 1 aliphatic rings. The number of hydrogen-bond acceptors (Lipinski definition) is 6. The molecule has 1 aromatic rings. The van der Waals surface area contributed by atoms with Gasteiger partial charge in [0, 0.05) is 26.7 Å². The van der Waals surface area contributed by atoms with Crippen LogP contribution in [-0.4, -0.2) is 48.8 Å². The molecule has 2 rings (SSSR count). The van der Waals surface area contributed by atoms with E-state index in [0.717, 1.165) is 0 Å². The minimum atomic E-state index is -3.82. The van der Waals surface area contributed by atoms with Gasteiger partial charge >= 0.3 is 0 Å². The Kier molecular flexibility index (Phi) is 5.63. The minimum Gasteiger partial charge on any atom is -0.385 e. The lowest BCUT2D eigenvalue weighted by Crippen LogP contribution is -2.30. The molecule has 1 saturated heterocycles. The Morgan fingerprint density at radius 1 is 1.33 bits per heavy atom. The van der Waals surface area contributed by atoms with Crippen LogP contribution in [0.25, 0.3) is 0 Å². The zero-order valence-corrected chi connectivity index (χ0v) is 15.1. The van der Waals surface area contributed by atoms with Gasteiger partial charge in [-0.2, -0.15) is 0 Å². The minimum absolute atomic E-state index is 0.0420. The summed E-state index contributed by atoms with van der Waals surface area (Å²) >= 11 is 0. The number of benzene rings is 1. The van der Waals surface area contributed by atoms with Gasteiger partial charge in [-0.25, -0.2) is 25.9 Å². The molecule has 10 heteroatoms. The van der Waals surface area contributed by atoms with Crippen LogP contribution in [0.15, 0.2) is 23.1 Å². The summed E-state index contributed by atoms with van der Waals surface area (Å²) in [6.45, 7) is 2.22. The standard InChI is InChI=1S/C14H20N2O6S2/c1-11-4-5-12(16-14(17)6-9-23(16,18)19)10-13(11)24(20,21)15-7-3-8-22-2/h4-5,10,15H,3,6-9H2,1-2H3. The highest BCUT2D eigenvalue weighted by Crippen LogP contribution is 2.28. The maximum atomic E-state index is 12.4. The molecule has 134 valence electrons. The normalized spacial score (nSPS) is 17.4. The van der Waals surface area contributed by atoms with Crippen molar-refractivity contribution in [1.29, 1.82) is 0 Å². The van der Waals surface area contributed by atoms with Crippen molar-refractivity contribution in [3.05, 3.63) is 23.8 Å². The first-order valence-electron chi connectivity index (χ1n) is 7.34. The summed E-state index contributed by atoms with van der Waals surface area (Å²) in [5, 5.41) is 0. The molecule has 1 heterocycles. The maximum absolute atomic E-state index is 12.4. The van der Waals surface area contributed by atoms with Crippen LogP contribution in [0.2, 0.25) is 0 Å². The molecule has 0 atom stereocenters. The molecular formula is C14H20N2O6S2. The van der Waals surface area contributed by atoms with Crippen LogP contribution in [-0.2, 0) is 29.6 Å². The quantitative estimate of drug-likeness (QED) is 0.689. The first-order valence-corrected chi connectivity index (χ1v) is 10.4. The molecular weight excluding hydrogens is 356 g/mol. The summed E-state index contributed by atoms with van der Waals surface area (Å²) in [5.74, 6) is -0.827. The number of ether oxygens (including phenoxy) is 1. The first kappa shape index (κ1) is 18.8. The van der Waals surface area contributed by atoms with Crippen LogP contribution in [0.3, 0.4) is 0 Å². The molecule has 1 fully saturated rings. The number of sulfonamides is 2. The Morgan fingerprint density at radius 3 is 2.62 bits per heavy atom. The fraction of sp³-hybridized carbons (Fsp3) is 0.500. The van der Waals surface area contributed by atoms with Crippen molar-refractivity contribution < 1.29 is 26.4 Å². The maximum Gasteiger partial charge on any atom is 0.242 e. The van der Waals surface area contributed by atoms with Gasteiger partial charge < -0.3 is 4.74 Å². The van der Waals surface area contributed by atoms with E-state index in [1.165, 1.54) is 25.3 Å². The third-order valence-corrected chi connectivity index (χ3v) is 6.89. The van der Waals surface area contributed by atoms with Crippen molar-refractivity contribution in [2.45, 2.75) is 24.7 Å². The van der Waals surface area contributed by atoms with Crippen molar-refractivity contribution in [1.82, 2.24) is 4.72 Å². The number of anilines is 1. The van der Waals surface area contributed by atoms with Crippen molar-refractivity contribution >= 4 is 31.6 Å². The molecule has 0 saturated carbocycles. The van der Waals surface area contributed by atoms with Gasteiger partial charge in [-0.05, 0) is 31.0 Å². The molecule has 1 aromatic carbocycles. The van der Waals surface area contributed by atoms with Crippen LogP contribution in [0, 0.1) is 6.92 Å². The van der Waals surface area contributed by atoms with E-state index in [4.69, 9.17) is 4.74 Å². The Hall–Kier alpha value is -1.49. The summed E-state index contributed by atoms with van der Waals surface area (Å²) in [7, 11) is -6.03. The van der Waals surface area contributed by atoms with Gasteiger partial charge in [-0.1, -0.05) is 6.07 Å². The molecule has 1 aliphatic heterocycles. The van der Waals surface area contributed by atoms with Gasteiger partial charge in [0.05, 0.1) is 16.3 Å². The summed E-state index contributed by atoms with van der Waals surface area (Å²) in [6, 6.07) is 4.13. The fourth-order valence-electron chi connectivity index (χ4n) is 2.37. The van der Waals surface area contributed by atoms with E-state index in [0.29, 0.717) is 22.9 Å². The summed E-state index contributed by atoms with van der Waals surface area (Å²) < 4.78 is 56.8. The van der Waals surface area contributed by atoms with Gasteiger partial charge in [0.15, 0.2) is 0 Å². The van der Waals surface area contributed by atoms with E-state index in [2.05, 4.69) is 4.72 Å². The molecule has 0 unspecified atom stereocenters. The smallest absolute Gasteiger partial charge is 0.242 e. The van der Waals surface area contributed by atoms with Crippen molar-refractivity contribution in [2.75, 3.05) is 30.3 Å². The van der Waals surface area contributed by atoms with E-state index in [-0.39, 0.29) is 29.3 Å². The van der Waals surface area contributed by atoms with Crippen LogP contribution < -0.4 is 9.03 Å². The highest BCUT2D eigenvalue weighted by Gasteiger charge is 2.36. The van der Waals surface area contributed by atoms with Gasteiger partial charge in [0.25, 0.3) is 0 Å². The van der Waals surface area contributed by atoms with E-state index in [1.54, 1.807) is 6.92 Å². The van der Waals surface area contributed by atoms with Crippen molar-refractivity contribution in [3.8, 4) is 0 Å². The lowest BCUT2D eigenvalue weighted by Gasteiger charge is -2.17. The SMILES string of the molecule is COCCCNS(=O)(=O)c1cc(N2C(=O)CCS2(=O)=O)ccc1C. The molecule has 1 N–H and O–H groups in total. The Balaban J connectivity index is 2.34. The molecule has 0 aliphatic carbocycles. The predicted molar refractivity (Wildman–Crippen MR) is 88.8 cm³/mol. The van der Waals surface area contributed by atoms with Crippen molar-refractivity contribution in [2.24, 2.45) is 0 Å². The third kappa shape index (κ3) is 3.94. The van der Waals surface area contributed by atoms with Crippen LogP contribution in [0.5, 0.6) is 0 Å². The van der Waals surface area contributed by atoms with Crippen LogP contribution in [0.4, 0.5) is 5.69 Å². The number of carbonyl (C=O) groups is 1. The topological polar surface area (TPSA) is 110 Å². The fourth-order valence-corrected chi connectivity index (χ4v) is 5.16. The lowest BCUT2D eigenvalue weighted by molar-refractivity contribution is -0.116. The van der Waals surface area contributed by atoms with Gasteiger partial charge in [0.1, 0.15) is 0 Å². The number of amides is 1. The average Bonchev–Trinajstić information content (AvgIpc) is 2.78. The molecule has 0 bridgehead atoms. The molecule has 24 heavy (non-hydrogen) atoms. The highest BCUT2D eigenvalue weighted by molar-refractivity contribution is 7.94. The molecule has 0 spiro atoms. The summed E-state index contributed by atoms with van der Waals surface area (Å²) in [6.07, 6.45) is 0.404. The number of aryl methyl sites for hydroxylation is 1. The second-order valence-electron chi connectivity index (χ2n) is 5.42. The first-order chi connectivity index (χ1) is 11.2. The second-order valence-corrected chi connectivity index (χ2v) is 9.09. The number of nitrogens with zero attached hydrogens (tertiary/aromatic N) is 1. The largest absolute Gasteiger partial charge is 0.385 e. The van der Waals surface area contributed by atoms with Gasteiger partial charge in [-0.3, -0.25) is 4.79 Å². The Labute approximate surface area is 141 Å². The van der Waals surface area contributed by atoms with E-state index >= 15 is 0 Å². The zero-order chi connectivity index (χ0) is 18.0. The number of methoxy groups -OCH3 is 1. The van der Waals surface area contributed by atoms with E-state index in [1.807, 2.05) is 0 Å². The number of carbonyl (C=O) groups excluding carboxylic acids is 1. The zero-order valence-electron chi connectivity index (χ0n) is 13.5. The van der Waals surface area contributed by atoms with Crippen molar-refractivity contribution in [3.63, 3.8) is 0 Å². The summed E-state index contributed by atoms with van der Waals surface area (Å²) in [5.41, 5.74) is 0.502. The van der Waals surface area contributed by atoms with Gasteiger partial charge in [-0.15, -0.1) is 0 Å². The second kappa shape index (κ2) is 7.18. The van der Waals surface area contributed by atoms with Gasteiger partial charge in [0.2, 0.25) is 26.0 Å². The van der Waals surface area contributed by atoms with Crippen LogP contribution in [0.1, 0.15) is 18.4 Å². The molecule has 0 radical (unpaired) electrons.